The summed E-state index contributed by atoms with van der Waals surface area (Å²) in [6, 6.07) is 12.4. The number of carbonyl (C=O) groups is 1. The number of amides is 1. The Kier molecular flexibility index (Phi) is 4.79. The molecule has 134 valence electrons. The molecule has 26 heavy (non-hydrogen) atoms. The van der Waals surface area contributed by atoms with Crippen LogP contribution in [0.15, 0.2) is 60.9 Å². The highest BCUT2D eigenvalue weighted by Crippen LogP contribution is 2.30. The number of anilines is 1. The molecule has 3 aromatic rings. The fourth-order valence-electron chi connectivity index (χ4n) is 2.65. The molecule has 0 unspecified atom stereocenters. The number of nitrogens with zero attached hydrogens (tertiary/aromatic N) is 2. The summed E-state index contributed by atoms with van der Waals surface area (Å²) in [6.07, 6.45) is -1.05. The third-order valence-corrected chi connectivity index (χ3v) is 3.79. The van der Waals surface area contributed by atoms with Crippen LogP contribution in [0.3, 0.4) is 0 Å². The van der Waals surface area contributed by atoms with Gasteiger partial charge in [0.25, 0.3) is 0 Å². The van der Waals surface area contributed by atoms with E-state index in [4.69, 9.17) is 0 Å². The van der Waals surface area contributed by atoms with Gasteiger partial charge in [0.1, 0.15) is 5.82 Å². The second-order valence-electron chi connectivity index (χ2n) is 5.84. The minimum absolute atomic E-state index is 0.163. The Morgan fingerprint density at radius 2 is 1.88 bits per heavy atom. The topological polar surface area (TPSA) is 46.9 Å². The number of halogens is 3. The van der Waals surface area contributed by atoms with Crippen LogP contribution in [-0.4, -0.2) is 15.5 Å². The van der Waals surface area contributed by atoms with Gasteiger partial charge in [-0.1, -0.05) is 12.1 Å². The molecule has 1 amide bonds. The van der Waals surface area contributed by atoms with Gasteiger partial charge in [-0.05, 0) is 42.0 Å². The van der Waals surface area contributed by atoms with Crippen LogP contribution in [0.2, 0.25) is 0 Å². The van der Waals surface area contributed by atoms with E-state index in [1.54, 1.807) is 47.3 Å². The van der Waals surface area contributed by atoms with E-state index in [2.05, 4.69) is 10.3 Å². The van der Waals surface area contributed by atoms with Crippen molar-refractivity contribution in [3.8, 4) is 11.4 Å². The van der Waals surface area contributed by atoms with Gasteiger partial charge in [-0.3, -0.25) is 4.79 Å². The van der Waals surface area contributed by atoms with E-state index < -0.39 is 11.7 Å². The van der Waals surface area contributed by atoms with Gasteiger partial charge in [-0.25, -0.2) is 4.98 Å². The molecule has 0 radical (unpaired) electrons. The molecule has 0 bridgehead atoms. The second-order valence-corrected chi connectivity index (χ2v) is 5.84. The maximum Gasteiger partial charge on any atom is 0.416 e. The van der Waals surface area contributed by atoms with Gasteiger partial charge in [0.05, 0.1) is 5.56 Å². The number of carbonyl (C=O) groups excluding carboxylic acids is 1. The van der Waals surface area contributed by atoms with Crippen LogP contribution < -0.4 is 5.32 Å². The van der Waals surface area contributed by atoms with Gasteiger partial charge < -0.3 is 9.88 Å². The van der Waals surface area contributed by atoms with Crippen molar-refractivity contribution in [3.63, 3.8) is 0 Å². The SMILES string of the molecule is CC(=O)Nc1ccc(-c2nccn2Cc2cccc(C(F)(F)F)c2)cc1. The summed E-state index contributed by atoms with van der Waals surface area (Å²) < 4.78 is 40.4. The quantitative estimate of drug-likeness (QED) is 0.741. The average Bonchev–Trinajstić information content (AvgIpc) is 3.02. The van der Waals surface area contributed by atoms with Crippen LogP contribution in [0.1, 0.15) is 18.1 Å². The van der Waals surface area contributed by atoms with Crippen LogP contribution in [0.4, 0.5) is 18.9 Å². The van der Waals surface area contributed by atoms with Crippen LogP contribution in [0, 0.1) is 0 Å². The molecule has 0 aliphatic rings. The predicted octanol–water partition coefficient (Wildman–Crippen LogP) is 4.58. The number of nitrogens with one attached hydrogen (secondary N) is 1. The molecule has 1 heterocycles. The standard InChI is InChI=1S/C19H16F3N3O/c1-13(26)24-17-7-5-15(6-8-17)18-23-9-10-25(18)12-14-3-2-4-16(11-14)19(20,21)22/h2-11H,12H2,1H3,(H,24,26). The lowest BCUT2D eigenvalue weighted by atomic mass is 10.1. The zero-order chi connectivity index (χ0) is 18.7. The lowest BCUT2D eigenvalue weighted by Crippen LogP contribution is -2.07. The smallest absolute Gasteiger partial charge is 0.327 e. The Bertz CT molecular complexity index is 914. The number of benzene rings is 2. The first-order valence-corrected chi connectivity index (χ1v) is 7.88. The first-order chi connectivity index (χ1) is 12.3. The van der Waals surface area contributed by atoms with Crippen molar-refractivity contribution in [1.29, 1.82) is 0 Å². The Hall–Kier alpha value is -3.09. The summed E-state index contributed by atoms with van der Waals surface area (Å²) in [5.74, 6) is 0.473. The molecule has 0 fully saturated rings. The molecule has 1 aromatic heterocycles. The van der Waals surface area contributed by atoms with Gasteiger partial charge in [0.2, 0.25) is 5.91 Å². The molecule has 2 aromatic carbocycles. The summed E-state index contributed by atoms with van der Waals surface area (Å²) in [6.45, 7) is 1.70. The number of aromatic nitrogens is 2. The first kappa shape index (κ1) is 17.7. The van der Waals surface area contributed by atoms with E-state index in [0.717, 1.165) is 17.7 Å². The van der Waals surface area contributed by atoms with Crippen molar-refractivity contribution in [3.05, 3.63) is 72.1 Å². The predicted molar refractivity (Wildman–Crippen MR) is 92.5 cm³/mol. The monoisotopic (exact) mass is 359 g/mol. The molecule has 0 saturated heterocycles. The molecule has 0 spiro atoms. The van der Waals surface area contributed by atoms with E-state index >= 15 is 0 Å². The van der Waals surface area contributed by atoms with E-state index in [0.29, 0.717) is 17.1 Å². The minimum atomic E-state index is -4.37. The normalized spacial score (nSPS) is 11.4. The highest BCUT2D eigenvalue weighted by atomic mass is 19.4. The summed E-state index contributed by atoms with van der Waals surface area (Å²) in [5, 5.41) is 2.68. The summed E-state index contributed by atoms with van der Waals surface area (Å²) >= 11 is 0. The van der Waals surface area contributed by atoms with Crippen molar-refractivity contribution in [1.82, 2.24) is 9.55 Å². The van der Waals surface area contributed by atoms with Gasteiger partial charge in [-0.15, -0.1) is 0 Å². The van der Waals surface area contributed by atoms with Gasteiger partial charge in [-0.2, -0.15) is 13.2 Å². The number of imidazole rings is 1. The van der Waals surface area contributed by atoms with Crippen LogP contribution in [0.5, 0.6) is 0 Å². The third kappa shape index (κ3) is 4.11. The average molecular weight is 359 g/mol. The molecule has 0 atom stereocenters. The van der Waals surface area contributed by atoms with E-state index in [-0.39, 0.29) is 12.5 Å². The minimum Gasteiger partial charge on any atom is -0.327 e. The molecule has 7 heteroatoms. The third-order valence-electron chi connectivity index (χ3n) is 3.79. The maximum atomic E-state index is 12.9. The van der Waals surface area contributed by atoms with Crippen LogP contribution >= 0.6 is 0 Å². The fraction of sp³-hybridized carbons (Fsp3) is 0.158. The van der Waals surface area contributed by atoms with Gasteiger partial charge in [0, 0.05) is 37.1 Å². The van der Waals surface area contributed by atoms with E-state index in [9.17, 15) is 18.0 Å². The Morgan fingerprint density at radius 1 is 1.15 bits per heavy atom. The number of hydrogen-bond acceptors (Lipinski definition) is 2. The molecule has 0 aliphatic carbocycles. The summed E-state index contributed by atoms with van der Waals surface area (Å²) in [5.41, 5.74) is 1.33. The zero-order valence-electron chi connectivity index (χ0n) is 13.9. The van der Waals surface area contributed by atoms with Crippen molar-refractivity contribution in [2.24, 2.45) is 0 Å². The molecule has 4 nitrogen and oxygen atoms in total. The largest absolute Gasteiger partial charge is 0.416 e. The van der Waals surface area contributed by atoms with Crippen LogP contribution in [0.25, 0.3) is 11.4 Å². The summed E-state index contributed by atoms with van der Waals surface area (Å²) in [4.78, 5) is 15.4. The van der Waals surface area contributed by atoms with Crippen molar-refractivity contribution in [2.45, 2.75) is 19.6 Å². The molecule has 1 N–H and O–H groups in total. The van der Waals surface area contributed by atoms with Crippen molar-refractivity contribution < 1.29 is 18.0 Å². The van der Waals surface area contributed by atoms with E-state index in [1.807, 2.05) is 0 Å². The van der Waals surface area contributed by atoms with Crippen molar-refractivity contribution in [2.75, 3.05) is 5.32 Å². The lowest BCUT2D eigenvalue weighted by Gasteiger charge is -2.11. The van der Waals surface area contributed by atoms with Gasteiger partial charge >= 0.3 is 6.18 Å². The Balaban J connectivity index is 1.84. The maximum absolute atomic E-state index is 12.9. The summed E-state index contributed by atoms with van der Waals surface area (Å²) in [7, 11) is 0. The molecular formula is C19H16F3N3O. The van der Waals surface area contributed by atoms with E-state index in [1.165, 1.54) is 13.0 Å². The number of hydrogen-bond donors (Lipinski definition) is 1. The Labute approximate surface area is 148 Å². The molecular weight excluding hydrogens is 343 g/mol. The highest BCUT2D eigenvalue weighted by molar-refractivity contribution is 5.88. The lowest BCUT2D eigenvalue weighted by molar-refractivity contribution is -0.137. The zero-order valence-corrected chi connectivity index (χ0v) is 13.9. The number of rotatable bonds is 4. The molecule has 3 rings (SSSR count). The number of alkyl halides is 3. The second kappa shape index (κ2) is 7.03. The van der Waals surface area contributed by atoms with Crippen LogP contribution in [-0.2, 0) is 17.5 Å². The fourth-order valence-corrected chi connectivity index (χ4v) is 2.65. The molecule has 0 saturated carbocycles. The first-order valence-electron chi connectivity index (χ1n) is 7.88. The van der Waals surface area contributed by atoms with Gasteiger partial charge in [0.15, 0.2) is 0 Å². The van der Waals surface area contributed by atoms with Crippen molar-refractivity contribution >= 4 is 11.6 Å². The Morgan fingerprint density at radius 3 is 2.54 bits per heavy atom. The molecule has 0 aliphatic heterocycles. The highest BCUT2D eigenvalue weighted by Gasteiger charge is 2.30.